The Bertz CT molecular complexity index is 451. The van der Waals surface area contributed by atoms with Crippen LogP contribution in [0.2, 0.25) is 0 Å². The van der Waals surface area contributed by atoms with Gasteiger partial charge < -0.3 is 9.80 Å². The normalized spacial score (nSPS) is 24.6. The van der Waals surface area contributed by atoms with Gasteiger partial charge >= 0.3 is 0 Å². The first-order chi connectivity index (χ1) is 8.61. The van der Waals surface area contributed by atoms with Gasteiger partial charge in [0.25, 0.3) is 0 Å². The molecule has 4 heteroatoms. The topological polar surface area (TPSA) is 43.2 Å². The van der Waals surface area contributed by atoms with E-state index in [0.29, 0.717) is 17.8 Å². The Morgan fingerprint density at radius 2 is 2.28 bits per heavy atom. The molecule has 1 aliphatic heterocycles. The lowest BCUT2D eigenvalue weighted by Crippen LogP contribution is -2.46. The highest BCUT2D eigenvalue weighted by atomic mass is 15.2. The van der Waals surface area contributed by atoms with Crippen molar-refractivity contribution < 1.29 is 0 Å². The number of rotatable bonds is 2. The zero-order chi connectivity index (χ0) is 13.1. The predicted octanol–water partition coefficient (Wildman–Crippen LogP) is 1.87. The van der Waals surface area contributed by atoms with Crippen LogP contribution < -0.4 is 4.90 Å². The summed E-state index contributed by atoms with van der Waals surface area (Å²) in [6.45, 7) is 3.38. The second kappa shape index (κ2) is 5.36. The van der Waals surface area contributed by atoms with Gasteiger partial charge in [0.05, 0.1) is 0 Å². The number of nitrogens with zero attached hydrogens (tertiary/aromatic N) is 4. The molecule has 4 nitrogen and oxygen atoms in total. The molecule has 0 radical (unpaired) electrons. The number of nitriles is 1. The highest BCUT2D eigenvalue weighted by Crippen LogP contribution is 2.23. The maximum Gasteiger partial charge on any atom is 0.142 e. The summed E-state index contributed by atoms with van der Waals surface area (Å²) in [5.74, 6) is 0.899. The lowest BCUT2D eigenvalue weighted by atomic mass is 9.98. The molecule has 0 spiro atoms. The molecule has 1 aromatic rings. The van der Waals surface area contributed by atoms with Crippen LogP contribution in [0.3, 0.4) is 0 Å². The monoisotopic (exact) mass is 244 g/mol. The first-order valence-corrected chi connectivity index (χ1v) is 6.42. The minimum absolute atomic E-state index is 0.486. The zero-order valence-corrected chi connectivity index (χ0v) is 11.3. The third kappa shape index (κ3) is 2.62. The molecule has 2 atom stereocenters. The van der Waals surface area contributed by atoms with E-state index in [1.165, 1.54) is 0 Å². The van der Waals surface area contributed by atoms with Crippen LogP contribution in [0.25, 0.3) is 0 Å². The van der Waals surface area contributed by atoms with E-state index in [9.17, 15) is 0 Å². The maximum atomic E-state index is 8.89. The first kappa shape index (κ1) is 12.8. The van der Waals surface area contributed by atoms with E-state index < -0.39 is 0 Å². The summed E-state index contributed by atoms with van der Waals surface area (Å²) in [6, 6.07) is 8.83. The van der Waals surface area contributed by atoms with Crippen LogP contribution in [0.5, 0.6) is 0 Å². The summed E-state index contributed by atoms with van der Waals surface area (Å²) in [5.41, 5.74) is 0.486. The van der Waals surface area contributed by atoms with Crippen molar-refractivity contribution in [2.45, 2.75) is 31.8 Å². The smallest absolute Gasteiger partial charge is 0.142 e. The Labute approximate surface area is 109 Å². The van der Waals surface area contributed by atoms with E-state index in [1.807, 2.05) is 12.1 Å². The van der Waals surface area contributed by atoms with Gasteiger partial charge in [-0.25, -0.2) is 4.98 Å². The van der Waals surface area contributed by atoms with Crippen molar-refractivity contribution >= 4 is 5.82 Å². The van der Waals surface area contributed by atoms with Crippen molar-refractivity contribution in [3.05, 3.63) is 23.9 Å². The van der Waals surface area contributed by atoms with E-state index in [-0.39, 0.29) is 0 Å². The molecule has 18 heavy (non-hydrogen) atoms. The highest BCUT2D eigenvalue weighted by Gasteiger charge is 2.26. The summed E-state index contributed by atoms with van der Waals surface area (Å²) in [7, 11) is 4.25. The summed E-state index contributed by atoms with van der Waals surface area (Å²) in [4.78, 5) is 8.97. The lowest BCUT2D eigenvalue weighted by molar-refractivity contribution is 0.181. The van der Waals surface area contributed by atoms with E-state index in [1.54, 1.807) is 6.07 Å². The lowest BCUT2D eigenvalue weighted by Gasteiger charge is -2.39. The van der Waals surface area contributed by atoms with E-state index in [0.717, 1.165) is 25.2 Å². The molecule has 1 fully saturated rings. The Morgan fingerprint density at radius 1 is 1.50 bits per heavy atom. The fraction of sp³-hybridized carbons (Fsp3) is 0.571. The Balaban J connectivity index is 2.11. The van der Waals surface area contributed by atoms with Crippen LogP contribution in [0.4, 0.5) is 5.82 Å². The minimum Gasteiger partial charge on any atom is -0.357 e. The van der Waals surface area contributed by atoms with Gasteiger partial charge in [0, 0.05) is 25.7 Å². The molecular formula is C14H20N4. The molecule has 2 heterocycles. The van der Waals surface area contributed by atoms with Gasteiger partial charge in [0.1, 0.15) is 17.6 Å². The molecule has 0 saturated carbocycles. The van der Waals surface area contributed by atoms with Crippen molar-refractivity contribution in [3.63, 3.8) is 0 Å². The molecule has 96 valence electrons. The average molecular weight is 244 g/mol. The molecule has 1 aliphatic rings. The highest BCUT2D eigenvalue weighted by molar-refractivity contribution is 5.42. The molecule has 0 bridgehead atoms. The van der Waals surface area contributed by atoms with Crippen molar-refractivity contribution in [1.29, 1.82) is 5.26 Å². The quantitative estimate of drug-likeness (QED) is 0.796. The van der Waals surface area contributed by atoms with Crippen molar-refractivity contribution in [2.24, 2.45) is 0 Å². The number of hydrogen-bond acceptors (Lipinski definition) is 4. The molecule has 1 saturated heterocycles. The molecule has 0 amide bonds. The maximum absolute atomic E-state index is 8.89. The second-order valence-corrected chi connectivity index (χ2v) is 5.11. The van der Waals surface area contributed by atoms with Crippen molar-refractivity contribution in [3.8, 4) is 6.07 Å². The molecular weight excluding hydrogens is 224 g/mol. The van der Waals surface area contributed by atoms with Crippen LogP contribution in [0, 0.1) is 11.3 Å². The summed E-state index contributed by atoms with van der Waals surface area (Å²) >= 11 is 0. The Morgan fingerprint density at radius 3 is 2.94 bits per heavy atom. The molecule has 0 N–H and O–H groups in total. The molecule has 0 aliphatic carbocycles. The number of piperidine rings is 1. The Kier molecular flexibility index (Phi) is 3.83. The largest absolute Gasteiger partial charge is 0.357 e. The van der Waals surface area contributed by atoms with Crippen LogP contribution in [-0.2, 0) is 0 Å². The van der Waals surface area contributed by atoms with Crippen molar-refractivity contribution in [2.75, 3.05) is 25.5 Å². The van der Waals surface area contributed by atoms with Gasteiger partial charge in [-0.05, 0) is 38.9 Å². The fourth-order valence-corrected chi connectivity index (χ4v) is 2.49. The van der Waals surface area contributed by atoms with Crippen LogP contribution in [0.1, 0.15) is 25.5 Å². The second-order valence-electron chi connectivity index (χ2n) is 5.11. The number of likely N-dealkylation sites (tertiary alicyclic amines) is 1. The van der Waals surface area contributed by atoms with Gasteiger partial charge in [0.15, 0.2) is 0 Å². The van der Waals surface area contributed by atoms with Gasteiger partial charge in [-0.3, -0.25) is 0 Å². The first-order valence-electron chi connectivity index (χ1n) is 6.42. The van der Waals surface area contributed by atoms with E-state index >= 15 is 0 Å². The van der Waals surface area contributed by atoms with Crippen molar-refractivity contribution in [1.82, 2.24) is 9.88 Å². The fourth-order valence-electron chi connectivity index (χ4n) is 2.49. The molecule has 1 aromatic heterocycles. The molecule has 2 rings (SSSR count). The SMILES string of the molecule is CC1CC(N(C)c2cccc(C#N)n2)CCN1C. The molecule has 2 unspecified atom stereocenters. The average Bonchev–Trinajstić information content (AvgIpc) is 2.41. The summed E-state index contributed by atoms with van der Waals surface area (Å²) in [5, 5.41) is 8.89. The number of hydrogen-bond donors (Lipinski definition) is 0. The van der Waals surface area contributed by atoms with Gasteiger partial charge in [-0.15, -0.1) is 0 Å². The molecule has 0 aromatic carbocycles. The zero-order valence-electron chi connectivity index (χ0n) is 11.3. The van der Waals surface area contributed by atoms with E-state index in [4.69, 9.17) is 5.26 Å². The predicted molar refractivity (Wildman–Crippen MR) is 72.5 cm³/mol. The van der Waals surface area contributed by atoms with E-state index in [2.05, 4.69) is 41.9 Å². The standard InChI is InChI=1S/C14H20N4/c1-11-9-13(7-8-17(11)2)18(3)14-6-4-5-12(10-15)16-14/h4-6,11,13H,7-9H2,1-3H3. The van der Waals surface area contributed by atoms with Gasteiger partial charge in [0.2, 0.25) is 0 Å². The summed E-state index contributed by atoms with van der Waals surface area (Å²) in [6.07, 6.45) is 2.29. The van der Waals surface area contributed by atoms with Crippen LogP contribution in [-0.4, -0.2) is 42.6 Å². The van der Waals surface area contributed by atoms with Gasteiger partial charge in [-0.1, -0.05) is 6.07 Å². The number of aromatic nitrogens is 1. The summed E-state index contributed by atoms with van der Waals surface area (Å²) < 4.78 is 0. The number of pyridine rings is 1. The third-order valence-corrected chi connectivity index (χ3v) is 3.94. The third-order valence-electron chi connectivity index (χ3n) is 3.94. The van der Waals surface area contributed by atoms with Crippen LogP contribution in [0.15, 0.2) is 18.2 Å². The van der Waals surface area contributed by atoms with Gasteiger partial charge in [-0.2, -0.15) is 5.26 Å². The Hall–Kier alpha value is -1.60. The van der Waals surface area contributed by atoms with Crippen LogP contribution >= 0.6 is 0 Å². The number of anilines is 1. The minimum atomic E-state index is 0.486.